The van der Waals surface area contributed by atoms with Gasteiger partial charge in [0.2, 0.25) is 5.91 Å². The molecule has 0 aliphatic carbocycles. The minimum absolute atomic E-state index is 0.0844. The molecule has 0 saturated carbocycles. The Bertz CT molecular complexity index is 652. The van der Waals surface area contributed by atoms with Crippen LogP contribution in [0.4, 0.5) is 0 Å². The fraction of sp³-hybridized carbons (Fsp3) is 0.278. The number of nitrogens with one attached hydrogen (secondary N) is 2. The van der Waals surface area contributed by atoms with Crippen molar-refractivity contribution in [2.24, 2.45) is 0 Å². The van der Waals surface area contributed by atoms with E-state index in [-0.39, 0.29) is 11.9 Å². The van der Waals surface area contributed by atoms with Crippen molar-refractivity contribution in [3.63, 3.8) is 0 Å². The van der Waals surface area contributed by atoms with Crippen molar-refractivity contribution >= 4 is 5.91 Å². The van der Waals surface area contributed by atoms with Crippen LogP contribution in [0.3, 0.4) is 0 Å². The average Bonchev–Trinajstić information content (AvgIpc) is 2.57. The van der Waals surface area contributed by atoms with Crippen molar-refractivity contribution in [2.75, 3.05) is 20.2 Å². The van der Waals surface area contributed by atoms with E-state index in [0.29, 0.717) is 13.0 Å². The van der Waals surface area contributed by atoms with E-state index in [4.69, 9.17) is 4.74 Å². The zero-order chi connectivity index (χ0) is 15.4. The molecule has 1 amide bonds. The van der Waals surface area contributed by atoms with E-state index in [1.165, 1.54) is 0 Å². The zero-order valence-electron chi connectivity index (χ0n) is 12.6. The molecule has 1 aliphatic rings. The van der Waals surface area contributed by atoms with E-state index in [0.717, 1.165) is 29.0 Å². The van der Waals surface area contributed by atoms with Gasteiger partial charge in [0.15, 0.2) is 0 Å². The number of carbonyl (C=O) groups is 1. The maximum absolute atomic E-state index is 11.8. The smallest absolute Gasteiger partial charge is 0.237 e. The molecule has 2 N–H and O–H groups in total. The van der Waals surface area contributed by atoms with Crippen LogP contribution in [0.2, 0.25) is 0 Å². The number of rotatable bonds is 4. The van der Waals surface area contributed by atoms with Gasteiger partial charge in [-0.05, 0) is 35.2 Å². The fourth-order valence-corrected chi connectivity index (χ4v) is 2.71. The predicted octanol–water partition coefficient (Wildman–Crippen LogP) is 1.99. The van der Waals surface area contributed by atoms with Crippen molar-refractivity contribution in [3.05, 3.63) is 54.1 Å². The van der Waals surface area contributed by atoms with E-state index in [9.17, 15) is 4.79 Å². The SMILES string of the molecule is COc1ccc(-c2cccc(C[C@@H]3NCCNC3=O)c2)cc1. The monoisotopic (exact) mass is 296 g/mol. The van der Waals surface area contributed by atoms with Crippen molar-refractivity contribution in [1.29, 1.82) is 0 Å². The highest BCUT2D eigenvalue weighted by molar-refractivity contribution is 5.82. The summed E-state index contributed by atoms with van der Waals surface area (Å²) in [6.07, 6.45) is 0.704. The Balaban J connectivity index is 1.78. The highest BCUT2D eigenvalue weighted by atomic mass is 16.5. The molecule has 4 nitrogen and oxygen atoms in total. The molecule has 1 aliphatic heterocycles. The Kier molecular flexibility index (Phi) is 4.39. The molecule has 0 unspecified atom stereocenters. The second-order valence-corrected chi connectivity index (χ2v) is 5.43. The first-order valence-electron chi connectivity index (χ1n) is 7.51. The first-order chi connectivity index (χ1) is 10.8. The third kappa shape index (κ3) is 3.28. The quantitative estimate of drug-likeness (QED) is 0.907. The third-order valence-corrected chi connectivity index (χ3v) is 3.92. The summed E-state index contributed by atoms with van der Waals surface area (Å²) < 4.78 is 5.19. The van der Waals surface area contributed by atoms with Gasteiger partial charge in [-0.2, -0.15) is 0 Å². The van der Waals surface area contributed by atoms with Crippen molar-refractivity contribution in [2.45, 2.75) is 12.5 Å². The molecular weight excluding hydrogens is 276 g/mol. The van der Waals surface area contributed by atoms with E-state index in [1.807, 2.05) is 30.3 Å². The van der Waals surface area contributed by atoms with Crippen LogP contribution in [-0.4, -0.2) is 32.1 Å². The molecule has 1 heterocycles. The number of methoxy groups -OCH3 is 1. The Labute approximate surface area is 130 Å². The van der Waals surface area contributed by atoms with Crippen molar-refractivity contribution < 1.29 is 9.53 Å². The van der Waals surface area contributed by atoms with Crippen molar-refractivity contribution in [1.82, 2.24) is 10.6 Å². The van der Waals surface area contributed by atoms with Crippen LogP contribution >= 0.6 is 0 Å². The summed E-state index contributed by atoms with van der Waals surface area (Å²) in [6, 6.07) is 16.2. The highest BCUT2D eigenvalue weighted by Gasteiger charge is 2.21. The molecule has 2 aromatic carbocycles. The molecule has 114 valence electrons. The minimum atomic E-state index is -0.139. The Morgan fingerprint density at radius 1 is 1.09 bits per heavy atom. The van der Waals surface area contributed by atoms with Gasteiger partial charge >= 0.3 is 0 Å². The molecule has 1 fully saturated rings. The zero-order valence-corrected chi connectivity index (χ0v) is 12.6. The van der Waals surface area contributed by atoms with Crippen LogP contribution in [0, 0.1) is 0 Å². The first kappa shape index (κ1) is 14.6. The van der Waals surface area contributed by atoms with Crippen molar-refractivity contribution in [3.8, 4) is 16.9 Å². The topological polar surface area (TPSA) is 50.4 Å². The first-order valence-corrected chi connectivity index (χ1v) is 7.51. The second-order valence-electron chi connectivity index (χ2n) is 5.43. The second kappa shape index (κ2) is 6.62. The third-order valence-electron chi connectivity index (χ3n) is 3.92. The molecule has 1 saturated heterocycles. The number of amides is 1. The number of piperazine rings is 1. The summed E-state index contributed by atoms with van der Waals surface area (Å²) in [5.41, 5.74) is 3.45. The van der Waals surface area contributed by atoms with Crippen LogP contribution in [0.15, 0.2) is 48.5 Å². The minimum Gasteiger partial charge on any atom is -0.497 e. The normalized spacial score (nSPS) is 17.9. The number of carbonyl (C=O) groups excluding carboxylic acids is 1. The molecule has 0 bridgehead atoms. The highest BCUT2D eigenvalue weighted by Crippen LogP contribution is 2.23. The van der Waals surface area contributed by atoms with Crippen LogP contribution in [0.25, 0.3) is 11.1 Å². The summed E-state index contributed by atoms with van der Waals surface area (Å²) >= 11 is 0. The molecule has 3 rings (SSSR count). The molecule has 0 radical (unpaired) electrons. The lowest BCUT2D eigenvalue weighted by atomic mass is 9.98. The molecular formula is C18H20N2O2. The number of ether oxygens (including phenoxy) is 1. The maximum Gasteiger partial charge on any atom is 0.237 e. The summed E-state index contributed by atoms with van der Waals surface area (Å²) in [7, 11) is 1.66. The number of hydrogen-bond acceptors (Lipinski definition) is 3. The summed E-state index contributed by atoms with van der Waals surface area (Å²) in [5.74, 6) is 0.934. The van der Waals surface area contributed by atoms with Gasteiger partial charge in [-0.25, -0.2) is 0 Å². The molecule has 22 heavy (non-hydrogen) atoms. The summed E-state index contributed by atoms with van der Waals surface area (Å²) in [5, 5.41) is 6.16. The van der Waals surface area contributed by atoms with E-state index >= 15 is 0 Å². The van der Waals surface area contributed by atoms with Crippen LogP contribution in [-0.2, 0) is 11.2 Å². The van der Waals surface area contributed by atoms with Gasteiger partial charge in [-0.3, -0.25) is 4.79 Å². The summed E-state index contributed by atoms with van der Waals surface area (Å²) in [4.78, 5) is 11.8. The number of hydrogen-bond donors (Lipinski definition) is 2. The van der Waals surface area contributed by atoms with Gasteiger partial charge in [-0.15, -0.1) is 0 Å². The lowest BCUT2D eigenvalue weighted by molar-refractivity contribution is -0.124. The van der Waals surface area contributed by atoms with E-state index < -0.39 is 0 Å². The molecule has 0 aromatic heterocycles. The van der Waals surface area contributed by atoms with Crippen LogP contribution in [0.5, 0.6) is 5.75 Å². The van der Waals surface area contributed by atoms with Gasteiger partial charge in [0.25, 0.3) is 0 Å². The van der Waals surface area contributed by atoms with Gasteiger partial charge < -0.3 is 15.4 Å². The van der Waals surface area contributed by atoms with Crippen LogP contribution in [0.1, 0.15) is 5.56 Å². The molecule has 4 heteroatoms. The Morgan fingerprint density at radius 3 is 2.64 bits per heavy atom. The van der Waals surface area contributed by atoms with Crippen LogP contribution < -0.4 is 15.4 Å². The Hall–Kier alpha value is -2.33. The Morgan fingerprint density at radius 2 is 1.91 bits per heavy atom. The van der Waals surface area contributed by atoms with Gasteiger partial charge in [0.05, 0.1) is 13.2 Å². The van der Waals surface area contributed by atoms with E-state index in [1.54, 1.807) is 7.11 Å². The standard InChI is InChI=1S/C18H20N2O2/c1-22-16-7-5-14(6-8-16)15-4-2-3-13(11-15)12-17-18(21)20-10-9-19-17/h2-8,11,17,19H,9-10,12H2,1H3,(H,20,21)/t17-/m0/s1. The lowest BCUT2D eigenvalue weighted by Crippen LogP contribution is -2.53. The molecule has 1 atom stereocenters. The number of benzene rings is 2. The predicted molar refractivity (Wildman–Crippen MR) is 86.9 cm³/mol. The fourth-order valence-electron chi connectivity index (χ4n) is 2.71. The maximum atomic E-state index is 11.8. The van der Waals surface area contributed by atoms with E-state index in [2.05, 4.69) is 28.8 Å². The van der Waals surface area contributed by atoms with Gasteiger partial charge in [0, 0.05) is 13.1 Å². The van der Waals surface area contributed by atoms with Gasteiger partial charge in [-0.1, -0.05) is 36.4 Å². The average molecular weight is 296 g/mol. The van der Waals surface area contributed by atoms with Gasteiger partial charge in [0.1, 0.15) is 5.75 Å². The molecule has 2 aromatic rings. The molecule has 0 spiro atoms. The summed E-state index contributed by atoms with van der Waals surface area (Å²) in [6.45, 7) is 1.54. The lowest BCUT2D eigenvalue weighted by Gasteiger charge is -2.23. The largest absolute Gasteiger partial charge is 0.497 e.